The Balaban J connectivity index is 3.31. The minimum Gasteiger partial charge on any atom is -0.507 e. The maximum absolute atomic E-state index is 10.0. The van der Waals surface area contributed by atoms with Crippen molar-refractivity contribution in [3.05, 3.63) is 27.7 Å². The van der Waals surface area contributed by atoms with Crippen LogP contribution in [0.15, 0.2) is 16.6 Å². The van der Waals surface area contributed by atoms with Crippen LogP contribution in [0.4, 0.5) is 0 Å². The number of phenolic OH excluding ortho intramolecular Hbond substituents is 1. The van der Waals surface area contributed by atoms with Crippen LogP contribution in [0, 0.1) is 12.3 Å². The Bertz CT molecular complexity index is 369. The van der Waals surface area contributed by atoms with E-state index in [1.54, 1.807) is 0 Å². The third-order valence-corrected chi connectivity index (χ3v) is 3.30. The van der Waals surface area contributed by atoms with Crippen molar-refractivity contribution < 1.29 is 5.11 Å². The second-order valence-corrected chi connectivity index (χ2v) is 5.82. The van der Waals surface area contributed by atoms with Gasteiger partial charge in [0.25, 0.3) is 0 Å². The highest BCUT2D eigenvalue weighted by molar-refractivity contribution is 9.10. The summed E-state index contributed by atoms with van der Waals surface area (Å²) in [6.45, 7) is 8.06. The molecule has 1 rings (SSSR count). The Hall–Kier alpha value is -0.540. The number of hydrogen-bond acceptors (Lipinski definition) is 2. The fraction of sp³-hybridized carbons (Fsp3) is 0.500. The van der Waals surface area contributed by atoms with E-state index in [-0.39, 0.29) is 11.5 Å². The molecule has 1 aromatic rings. The van der Waals surface area contributed by atoms with Crippen molar-refractivity contribution in [3.63, 3.8) is 0 Å². The molecule has 0 aromatic heterocycles. The number of phenols is 1. The predicted molar refractivity (Wildman–Crippen MR) is 66.9 cm³/mol. The third kappa shape index (κ3) is 2.52. The molecule has 0 radical (unpaired) electrons. The summed E-state index contributed by atoms with van der Waals surface area (Å²) in [7, 11) is 0. The lowest BCUT2D eigenvalue weighted by atomic mass is 9.82. The van der Waals surface area contributed by atoms with E-state index in [0.29, 0.717) is 5.75 Å². The molecule has 0 heterocycles. The maximum atomic E-state index is 10.0. The fourth-order valence-electron chi connectivity index (χ4n) is 1.42. The quantitative estimate of drug-likeness (QED) is 0.821. The molecule has 0 bridgehead atoms. The highest BCUT2D eigenvalue weighted by Crippen LogP contribution is 2.40. The molecule has 3 heteroatoms. The second-order valence-electron chi connectivity index (χ2n) is 4.97. The van der Waals surface area contributed by atoms with Gasteiger partial charge in [0.15, 0.2) is 0 Å². The van der Waals surface area contributed by atoms with Gasteiger partial charge in [0, 0.05) is 16.1 Å². The summed E-state index contributed by atoms with van der Waals surface area (Å²) in [5.74, 6) is 0.298. The summed E-state index contributed by atoms with van der Waals surface area (Å²) in [6.07, 6.45) is 0. The van der Waals surface area contributed by atoms with Crippen molar-refractivity contribution in [1.29, 1.82) is 0 Å². The number of rotatable bonds is 1. The van der Waals surface area contributed by atoms with Gasteiger partial charge in [-0.2, -0.15) is 0 Å². The Kier molecular flexibility index (Phi) is 3.46. The van der Waals surface area contributed by atoms with Gasteiger partial charge >= 0.3 is 0 Å². The molecule has 0 amide bonds. The molecule has 2 nitrogen and oxygen atoms in total. The normalized spacial score (nSPS) is 14.0. The van der Waals surface area contributed by atoms with E-state index in [4.69, 9.17) is 5.73 Å². The van der Waals surface area contributed by atoms with Crippen LogP contribution in [0.25, 0.3) is 0 Å². The van der Waals surface area contributed by atoms with Crippen LogP contribution in [0.3, 0.4) is 0 Å². The first-order valence-corrected chi connectivity index (χ1v) is 5.78. The van der Waals surface area contributed by atoms with E-state index in [1.807, 2.05) is 19.1 Å². The van der Waals surface area contributed by atoms with Gasteiger partial charge in [0.2, 0.25) is 0 Å². The summed E-state index contributed by atoms with van der Waals surface area (Å²) in [6, 6.07) is 3.61. The molecule has 0 fully saturated rings. The smallest absolute Gasteiger partial charge is 0.124 e. The van der Waals surface area contributed by atoms with Crippen molar-refractivity contribution >= 4 is 15.9 Å². The van der Waals surface area contributed by atoms with Crippen LogP contribution in [0.5, 0.6) is 5.75 Å². The van der Waals surface area contributed by atoms with Crippen molar-refractivity contribution in [2.45, 2.75) is 33.7 Å². The zero-order valence-electron chi connectivity index (χ0n) is 9.63. The predicted octanol–water partition coefficient (Wildman–Crippen LogP) is 3.51. The first-order valence-electron chi connectivity index (χ1n) is 4.98. The number of hydrogen-bond donors (Lipinski definition) is 2. The van der Waals surface area contributed by atoms with E-state index in [2.05, 4.69) is 36.7 Å². The SMILES string of the molecule is Cc1ccc(Br)c([C@@H](N)C(C)(C)C)c1O. The molecule has 3 N–H and O–H groups in total. The lowest BCUT2D eigenvalue weighted by molar-refractivity contribution is 0.316. The Morgan fingerprint density at radius 2 is 1.87 bits per heavy atom. The summed E-state index contributed by atoms with van der Waals surface area (Å²) < 4.78 is 0.869. The molecule has 1 atom stereocenters. The fourth-order valence-corrected chi connectivity index (χ4v) is 1.99. The molecule has 0 aliphatic carbocycles. The van der Waals surface area contributed by atoms with E-state index >= 15 is 0 Å². The average molecular weight is 272 g/mol. The summed E-state index contributed by atoms with van der Waals surface area (Å²) in [5, 5.41) is 10.0. The molecule has 1 aromatic carbocycles. The van der Waals surface area contributed by atoms with E-state index in [9.17, 15) is 5.11 Å². The molecule has 84 valence electrons. The Morgan fingerprint density at radius 3 is 2.33 bits per heavy atom. The van der Waals surface area contributed by atoms with Crippen LogP contribution in [0.1, 0.15) is 37.9 Å². The summed E-state index contributed by atoms with van der Waals surface area (Å²) in [4.78, 5) is 0. The number of halogens is 1. The molecule has 0 aliphatic heterocycles. The van der Waals surface area contributed by atoms with Gasteiger partial charge in [-0.1, -0.05) is 42.8 Å². The topological polar surface area (TPSA) is 46.2 Å². The number of aromatic hydroxyl groups is 1. The molecule has 0 saturated heterocycles. The van der Waals surface area contributed by atoms with Gasteiger partial charge in [-0.15, -0.1) is 0 Å². The van der Waals surface area contributed by atoms with Gasteiger partial charge in [-0.25, -0.2) is 0 Å². The third-order valence-electron chi connectivity index (χ3n) is 2.61. The van der Waals surface area contributed by atoms with Gasteiger partial charge in [0.1, 0.15) is 5.75 Å². The van der Waals surface area contributed by atoms with Gasteiger partial charge in [0.05, 0.1) is 0 Å². The van der Waals surface area contributed by atoms with Crippen LogP contribution < -0.4 is 5.73 Å². The molecule has 0 saturated carbocycles. The zero-order chi connectivity index (χ0) is 11.8. The zero-order valence-corrected chi connectivity index (χ0v) is 11.2. The number of aryl methyl sites for hydroxylation is 1. The van der Waals surface area contributed by atoms with Crippen LogP contribution >= 0.6 is 15.9 Å². The lowest BCUT2D eigenvalue weighted by Gasteiger charge is -2.29. The highest BCUT2D eigenvalue weighted by atomic mass is 79.9. The van der Waals surface area contributed by atoms with Crippen molar-refractivity contribution in [2.24, 2.45) is 11.1 Å². The largest absolute Gasteiger partial charge is 0.507 e. The van der Waals surface area contributed by atoms with E-state index < -0.39 is 0 Å². The Morgan fingerprint density at radius 1 is 1.33 bits per heavy atom. The highest BCUT2D eigenvalue weighted by Gasteiger charge is 2.27. The van der Waals surface area contributed by atoms with E-state index in [1.165, 1.54) is 0 Å². The number of nitrogens with two attached hydrogens (primary N) is 1. The first kappa shape index (κ1) is 12.5. The lowest BCUT2D eigenvalue weighted by Crippen LogP contribution is -2.26. The second kappa shape index (κ2) is 4.14. The van der Waals surface area contributed by atoms with Gasteiger partial charge in [-0.05, 0) is 24.0 Å². The first-order chi connectivity index (χ1) is 6.75. The summed E-state index contributed by atoms with van der Waals surface area (Å²) in [5.41, 5.74) is 7.73. The Labute approximate surface area is 99.6 Å². The average Bonchev–Trinajstić information content (AvgIpc) is 2.10. The van der Waals surface area contributed by atoms with Gasteiger partial charge in [-0.3, -0.25) is 0 Å². The molecule has 15 heavy (non-hydrogen) atoms. The van der Waals surface area contributed by atoms with E-state index in [0.717, 1.165) is 15.6 Å². The van der Waals surface area contributed by atoms with Gasteiger partial charge < -0.3 is 10.8 Å². The monoisotopic (exact) mass is 271 g/mol. The molecule has 0 aliphatic rings. The van der Waals surface area contributed by atoms with Crippen molar-refractivity contribution in [3.8, 4) is 5.75 Å². The summed E-state index contributed by atoms with van der Waals surface area (Å²) >= 11 is 3.43. The van der Waals surface area contributed by atoms with Crippen molar-refractivity contribution in [2.75, 3.05) is 0 Å². The molecule has 0 spiro atoms. The molecule has 0 unspecified atom stereocenters. The minimum absolute atomic E-state index is 0.0756. The van der Waals surface area contributed by atoms with Crippen LogP contribution in [-0.4, -0.2) is 5.11 Å². The van der Waals surface area contributed by atoms with Crippen LogP contribution in [0.2, 0.25) is 0 Å². The maximum Gasteiger partial charge on any atom is 0.124 e. The van der Waals surface area contributed by atoms with Crippen molar-refractivity contribution in [1.82, 2.24) is 0 Å². The standard InChI is InChI=1S/C12H18BrNO/c1-7-5-6-8(13)9(10(7)15)11(14)12(2,3)4/h5-6,11,15H,14H2,1-4H3/t11-/m1/s1. The molecular weight excluding hydrogens is 254 g/mol. The minimum atomic E-state index is -0.188. The number of benzene rings is 1. The van der Waals surface area contributed by atoms with Crippen LogP contribution in [-0.2, 0) is 0 Å². The molecular formula is C12H18BrNO.